The first-order chi connectivity index (χ1) is 16.1. The smallest absolute Gasteiger partial charge is 0.224 e. The topological polar surface area (TPSA) is 57.8 Å². The molecule has 0 radical (unpaired) electrons. The van der Waals surface area contributed by atoms with Crippen LogP contribution in [0, 0.1) is 11.6 Å². The second-order valence-corrected chi connectivity index (χ2v) is 7.97. The highest BCUT2D eigenvalue weighted by molar-refractivity contribution is 5.92. The van der Waals surface area contributed by atoms with Gasteiger partial charge in [-0.15, -0.1) is 0 Å². The van der Waals surface area contributed by atoms with Crippen molar-refractivity contribution in [1.29, 1.82) is 0 Å². The van der Waals surface area contributed by atoms with Crippen molar-refractivity contribution >= 4 is 33.4 Å². The number of hydrogen-bond acceptors (Lipinski definition) is 2. The third kappa shape index (κ3) is 4.46. The summed E-state index contributed by atoms with van der Waals surface area (Å²) in [7, 11) is 0. The van der Waals surface area contributed by atoms with Gasteiger partial charge < -0.3 is 10.3 Å². The number of nitrogens with one attached hydrogen (secondary N) is 2. The molecule has 0 aliphatic carbocycles. The Morgan fingerprint density at radius 1 is 0.909 bits per heavy atom. The van der Waals surface area contributed by atoms with Crippen LogP contribution in [0.25, 0.3) is 33.2 Å². The van der Waals surface area contributed by atoms with E-state index in [1.54, 1.807) is 6.07 Å². The lowest BCUT2D eigenvalue weighted by molar-refractivity contribution is -0.116. The van der Waals surface area contributed by atoms with Crippen LogP contribution in [-0.4, -0.2) is 15.9 Å². The van der Waals surface area contributed by atoms with Gasteiger partial charge in [0, 0.05) is 28.4 Å². The molecule has 0 unspecified atom stereocenters. The van der Waals surface area contributed by atoms with Gasteiger partial charge in [0.25, 0.3) is 0 Å². The fourth-order valence-electron chi connectivity index (χ4n) is 4.09. The number of carbonyl (C=O) groups excluding carboxylic acids is 1. The Bertz CT molecular complexity index is 1460. The summed E-state index contributed by atoms with van der Waals surface area (Å²) in [5.41, 5.74) is 4.80. The maximum absolute atomic E-state index is 14.0. The molecule has 2 N–H and O–H groups in total. The number of H-pyrrole nitrogens is 1. The number of aryl methyl sites for hydroxylation is 1. The summed E-state index contributed by atoms with van der Waals surface area (Å²) in [5.74, 6) is -0.817. The standard InChI is InChI=1S/C27H21F2N3O/c28-18-9-12-20(13-10-18)30-26(33)7-3-5-21-22-16-19(29)11-15-24(22)32-27(21)25-14-8-17-4-1-2-6-23(17)31-25/h1-2,4,6,8-16,32H,3,5,7H2,(H,30,33). The van der Waals surface area contributed by atoms with Crippen LogP contribution in [0.4, 0.5) is 14.5 Å². The van der Waals surface area contributed by atoms with Crippen LogP contribution in [0.3, 0.4) is 0 Å². The van der Waals surface area contributed by atoms with E-state index in [1.807, 2.05) is 36.4 Å². The fraction of sp³-hybridized carbons (Fsp3) is 0.111. The van der Waals surface area contributed by atoms with Crippen LogP contribution in [0.2, 0.25) is 0 Å². The first-order valence-corrected chi connectivity index (χ1v) is 10.8. The molecule has 5 aromatic rings. The molecule has 0 aliphatic rings. The van der Waals surface area contributed by atoms with Gasteiger partial charge in [0.1, 0.15) is 11.6 Å². The SMILES string of the molecule is O=C(CCCc1c(-c2ccc3ccccc3n2)[nH]c2ccc(F)cc12)Nc1ccc(F)cc1. The number of nitrogens with zero attached hydrogens (tertiary/aromatic N) is 1. The molecule has 164 valence electrons. The zero-order valence-electron chi connectivity index (χ0n) is 17.7. The zero-order valence-corrected chi connectivity index (χ0v) is 17.7. The summed E-state index contributed by atoms with van der Waals surface area (Å²) in [6.07, 6.45) is 1.42. The Morgan fingerprint density at radius 3 is 2.55 bits per heavy atom. The first-order valence-electron chi connectivity index (χ1n) is 10.8. The Hall–Kier alpha value is -4.06. The second-order valence-electron chi connectivity index (χ2n) is 7.97. The van der Waals surface area contributed by atoms with Crippen molar-refractivity contribution in [3.05, 3.63) is 96.1 Å². The van der Waals surface area contributed by atoms with Crippen molar-refractivity contribution in [3.8, 4) is 11.4 Å². The molecular weight excluding hydrogens is 420 g/mol. The number of para-hydroxylation sites is 1. The van der Waals surface area contributed by atoms with Gasteiger partial charge >= 0.3 is 0 Å². The number of anilines is 1. The lowest BCUT2D eigenvalue weighted by Crippen LogP contribution is -2.11. The van der Waals surface area contributed by atoms with Gasteiger partial charge in [-0.1, -0.05) is 24.3 Å². The maximum atomic E-state index is 14.0. The van der Waals surface area contributed by atoms with E-state index in [-0.39, 0.29) is 24.0 Å². The van der Waals surface area contributed by atoms with Gasteiger partial charge in [-0.3, -0.25) is 4.79 Å². The predicted molar refractivity (Wildman–Crippen MR) is 127 cm³/mol. The van der Waals surface area contributed by atoms with Gasteiger partial charge in [0.15, 0.2) is 0 Å². The largest absolute Gasteiger partial charge is 0.353 e. The Morgan fingerprint density at radius 2 is 1.70 bits per heavy atom. The van der Waals surface area contributed by atoms with Gasteiger partial charge in [0.2, 0.25) is 5.91 Å². The van der Waals surface area contributed by atoms with Crippen molar-refractivity contribution in [2.75, 3.05) is 5.32 Å². The number of hydrogen-bond donors (Lipinski definition) is 2. The summed E-state index contributed by atoms with van der Waals surface area (Å²) in [6, 6.07) is 22.2. The van der Waals surface area contributed by atoms with Crippen molar-refractivity contribution in [1.82, 2.24) is 9.97 Å². The zero-order chi connectivity index (χ0) is 22.8. The summed E-state index contributed by atoms with van der Waals surface area (Å²) in [4.78, 5) is 20.5. The van der Waals surface area contributed by atoms with E-state index >= 15 is 0 Å². The molecule has 3 aromatic carbocycles. The van der Waals surface area contributed by atoms with Crippen LogP contribution in [0.5, 0.6) is 0 Å². The second kappa shape index (κ2) is 8.82. The molecule has 2 heterocycles. The molecule has 6 heteroatoms. The normalized spacial score (nSPS) is 11.2. The molecule has 4 nitrogen and oxygen atoms in total. The summed E-state index contributed by atoms with van der Waals surface area (Å²) >= 11 is 0. The van der Waals surface area contributed by atoms with E-state index in [2.05, 4.69) is 10.3 Å². The third-order valence-electron chi connectivity index (χ3n) is 5.68. The molecule has 1 amide bonds. The first kappa shape index (κ1) is 20.8. The van der Waals surface area contributed by atoms with Gasteiger partial charge in [-0.25, -0.2) is 13.8 Å². The lowest BCUT2D eigenvalue weighted by atomic mass is 10.0. The Labute approximate surface area is 189 Å². The number of halogens is 2. The molecule has 0 bridgehead atoms. The van der Waals surface area contributed by atoms with Gasteiger partial charge in [-0.05, 0) is 73.0 Å². The molecule has 0 saturated heterocycles. The highest BCUT2D eigenvalue weighted by atomic mass is 19.1. The number of carbonyl (C=O) groups is 1. The number of aromatic nitrogens is 2. The number of fused-ring (bicyclic) bond motifs is 2. The molecule has 2 aromatic heterocycles. The van der Waals surface area contributed by atoms with Crippen molar-refractivity contribution in [2.24, 2.45) is 0 Å². The molecule has 0 atom stereocenters. The molecule has 0 saturated carbocycles. The van der Waals surface area contributed by atoms with E-state index in [4.69, 9.17) is 4.98 Å². The van der Waals surface area contributed by atoms with Crippen molar-refractivity contribution in [2.45, 2.75) is 19.3 Å². The number of amides is 1. The molecule has 0 aliphatic heterocycles. The minimum Gasteiger partial charge on any atom is -0.353 e. The Kier molecular flexibility index (Phi) is 5.57. The van der Waals surface area contributed by atoms with E-state index < -0.39 is 0 Å². The highest BCUT2D eigenvalue weighted by Gasteiger charge is 2.16. The minimum absolute atomic E-state index is 0.155. The number of rotatable bonds is 6. The minimum atomic E-state index is -0.352. The van der Waals surface area contributed by atoms with E-state index in [0.717, 1.165) is 38.8 Å². The van der Waals surface area contributed by atoms with Crippen LogP contribution in [0.15, 0.2) is 78.9 Å². The average molecular weight is 441 g/mol. The fourth-order valence-corrected chi connectivity index (χ4v) is 4.09. The van der Waals surface area contributed by atoms with Crippen LogP contribution in [0.1, 0.15) is 18.4 Å². The summed E-state index contributed by atoms with van der Waals surface area (Å²) < 4.78 is 27.1. The lowest BCUT2D eigenvalue weighted by Gasteiger charge is -2.08. The monoisotopic (exact) mass is 441 g/mol. The Balaban J connectivity index is 1.40. The number of aromatic amines is 1. The molecule has 33 heavy (non-hydrogen) atoms. The van der Waals surface area contributed by atoms with Crippen LogP contribution < -0.4 is 5.32 Å². The number of benzene rings is 3. The van der Waals surface area contributed by atoms with Crippen LogP contribution >= 0.6 is 0 Å². The van der Waals surface area contributed by atoms with Crippen molar-refractivity contribution in [3.63, 3.8) is 0 Å². The quantitative estimate of drug-likeness (QED) is 0.311. The maximum Gasteiger partial charge on any atom is 0.224 e. The molecular formula is C27H21F2N3O. The summed E-state index contributed by atoms with van der Waals surface area (Å²) in [6.45, 7) is 0. The number of pyridine rings is 1. The average Bonchev–Trinajstić information content (AvgIpc) is 3.18. The third-order valence-corrected chi connectivity index (χ3v) is 5.68. The van der Waals surface area contributed by atoms with Gasteiger partial charge in [-0.2, -0.15) is 0 Å². The van der Waals surface area contributed by atoms with E-state index in [1.165, 1.54) is 36.4 Å². The van der Waals surface area contributed by atoms with Crippen molar-refractivity contribution < 1.29 is 13.6 Å². The molecule has 5 rings (SSSR count). The van der Waals surface area contributed by atoms with E-state index in [9.17, 15) is 13.6 Å². The molecule has 0 fully saturated rings. The van der Waals surface area contributed by atoms with Crippen LogP contribution in [-0.2, 0) is 11.2 Å². The predicted octanol–water partition coefficient (Wildman–Crippen LogP) is 6.62. The molecule has 0 spiro atoms. The van der Waals surface area contributed by atoms with E-state index in [0.29, 0.717) is 18.5 Å². The highest BCUT2D eigenvalue weighted by Crippen LogP contribution is 2.32. The summed E-state index contributed by atoms with van der Waals surface area (Å²) in [5, 5.41) is 4.61. The van der Waals surface area contributed by atoms with Gasteiger partial charge in [0.05, 0.1) is 16.9 Å².